The van der Waals surface area contributed by atoms with Crippen molar-refractivity contribution in [2.75, 3.05) is 18.6 Å². The van der Waals surface area contributed by atoms with E-state index >= 15 is 0 Å². The number of rotatable bonds is 2. The molecule has 4 nitrogen and oxygen atoms in total. The van der Waals surface area contributed by atoms with Crippen LogP contribution in [0, 0.1) is 0 Å². The number of anilines is 1. The van der Waals surface area contributed by atoms with Gasteiger partial charge in [0.25, 0.3) is 0 Å². The Morgan fingerprint density at radius 3 is 2.62 bits per heavy atom. The van der Waals surface area contributed by atoms with Gasteiger partial charge in [0.05, 0.1) is 5.69 Å². The summed E-state index contributed by atoms with van der Waals surface area (Å²) in [5.74, 6) is 0.152. The molecule has 86 valence electrons. The lowest BCUT2D eigenvalue weighted by Crippen LogP contribution is -2.36. The first-order chi connectivity index (χ1) is 7.61. The van der Waals surface area contributed by atoms with Crippen molar-refractivity contribution in [3.63, 3.8) is 0 Å². The second-order valence-electron chi connectivity index (χ2n) is 4.14. The Bertz CT molecular complexity index is 403. The molecule has 1 unspecified atom stereocenters. The Hall–Kier alpha value is -1.55. The summed E-state index contributed by atoms with van der Waals surface area (Å²) in [6, 6.07) is 7.93. The molecular weight excluding hydrogens is 202 g/mol. The van der Waals surface area contributed by atoms with E-state index in [-0.39, 0.29) is 11.9 Å². The van der Waals surface area contributed by atoms with Gasteiger partial charge in [-0.25, -0.2) is 0 Å². The van der Waals surface area contributed by atoms with Gasteiger partial charge in [-0.1, -0.05) is 18.2 Å². The molecule has 0 spiro atoms. The minimum atomic E-state index is -0.0275. The highest BCUT2D eigenvalue weighted by molar-refractivity contribution is 5.82. The van der Waals surface area contributed by atoms with Gasteiger partial charge < -0.3 is 5.73 Å². The van der Waals surface area contributed by atoms with Crippen molar-refractivity contribution in [1.29, 1.82) is 0 Å². The van der Waals surface area contributed by atoms with E-state index in [9.17, 15) is 4.79 Å². The predicted molar refractivity (Wildman–Crippen MR) is 63.8 cm³/mol. The Morgan fingerprint density at radius 1 is 1.38 bits per heavy atom. The maximum atomic E-state index is 11.5. The monoisotopic (exact) mass is 219 g/mol. The van der Waals surface area contributed by atoms with Crippen LogP contribution < -0.4 is 10.7 Å². The summed E-state index contributed by atoms with van der Waals surface area (Å²) in [7, 11) is 1.80. The van der Waals surface area contributed by atoms with E-state index in [2.05, 4.69) is 0 Å². The van der Waals surface area contributed by atoms with Crippen molar-refractivity contribution in [3.8, 4) is 0 Å². The van der Waals surface area contributed by atoms with Gasteiger partial charge in [-0.15, -0.1) is 0 Å². The van der Waals surface area contributed by atoms with Crippen LogP contribution in [0.15, 0.2) is 24.3 Å². The molecule has 16 heavy (non-hydrogen) atoms. The molecule has 2 rings (SSSR count). The standard InChI is InChI=1S/C12H17N3O/c1-9(13)10-5-3-4-6-11(10)15-8-7-12(16)14(15)2/h3-6,9H,7-8,13H2,1-2H3. The highest BCUT2D eigenvalue weighted by atomic mass is 16.2. The average Bonchev–Trinajstić information content (AvgIpc) is 2.60. The van der Waals surface area contributed by atoms with Gasteiger partial charge in [-0.05, 0) is 18.6 Å². The number of nitrogens with two attached hydrogens (primary N) is 1. The molecule has 1 aromatic carbocycles. The number of hydrazine groups is 1. The minimum Gasteiger partial charge on any atom is -0.324 e. The largest absolute Gasteiger partial charge is 0.324 e. The predicted octanol–water partition coefficient (Wildman–Crippen LogP) is 1.29. The van der Waals surface area contributed by atoms with E-state index in [0.717, 1.165) is 17.8 Å². The fraction of sp³-hybridized carbons (Fsp3) is 0.417. The molecule has 0 saturated carbocycles. The SMILES string of the molecule is CC(N)c1ccccc1N1CCC(=O)N1C. The lowest BCUT2D eigenvalue weighted by Gasteiger charge is -2.29. The lowest BCUT2D eigenvalue weighted by atomic mass is 10.1. The van der Waals surface area contributed by atoms with Gasteiger partial charge >= 0.3 is 0 Å². The zero-order valence-electron chi connectivity index (χ0n) is 9.68. The van der Waals surface area contributed by atoms with Crippen molar-refractivity contribution in [3.05, 3.63) is 29.8 Å². The molecule has 1 heterocycles. The Kier molecular flexibility index (Phi) is 2.83. The fourth-order valence-electron chi connectivity index (χ4n) is 2.04. The van der Waals surface area contributed by atoms with E-state index < -0.39 is 0 Å². The first-order valence-corrected chi connectivity index (χ1v) is 5.50. The normalized spacial score (nSPS) is 18.1. The maximum Gasteiger partial charge on any atom is 0.242 e. The zero-order valence-corrected chi connectivity index (χ0v) is 9.68. The van der Waals surface area contributed by atoms with E-state index in [1.165, 1.54) is 0 Å². The molecule has 1 atom stereocenters. The third kappa shape index (κ3) is 1.76. The van der Waals surface area contributed by atoms with E-state index in [1.54, 1.807) is 12.1 Å². The van der Waals surface area contributed by atoms with Crippen LogP contribution in [0.25, 0.3) is 0 Å². The average molecular weight is 219 g/mol. The summed E-state index contributed by atoms with van der Waals surface area (Å²) in [6.45, 7) is 2.69. The molecule has 0 aromatic heterocycles. The minimum absolute atomic E-state index is 0.0275. The van der Waals surface area contributed by atoms with Crippen LogP contribution in [-0.4, -0.2) is 24.5 Å². The molecule has 1 saturated heterocycles. The fourth-order valence-corrected chi connectivity index (χ4v) is 2.04. The van der Waals surface area contributed by atoms with Gasteiger partial charge in [-0.3, -0.25) is 14.8 Å². The quantitative estimate of drug-likeness (QED) is 0.815. The first-order valence-electron chi connectivity index (χ1n) is 5.50. The number of para-hydroxylation sites is 1. The van der Waals surface area contributed by atoms with Crippen LogP contribution in [0.2, 0.25) is 0 Å². The van der Waals surface area contributed by atoms with E-state index in [0.29, 0.717) is 6.42 Å². The number of carbonyl (C=O) groups is 1. The topological polar surface area (TPSA) is 49.6 Å². The Balaban J connectivity index is 2.37. The van der Waals surface area contributed by atoms with Crippen LogP contribution in [0.3, 0.4) is 0 Å². The molecule has 0 radical (unpaired) electrons. The second kappa shape index (κ2) is 4.14. The van der Waals surface area contributed by atoms with Crippen molar-refractivity contribution >= 4 is 11.6 Å². The van der Waals surface area contributed by atoms with E-state index in [1.807, 2.05) is 36.2 Å². The molecule has 2 N–H and O–H groups in total. The summed E-state index contributed by atoms with van der Waals surface area (Å²) < 4.78 is 0. The molecule has 4 heteroatoms. The highest BCUT2D eigenvalue weighted by Gasteiger charge is 2.27. The Morgan fingerprint density at radius 2 is 2.06 bits per heavy atom. The van der Waals surface area contributed by atoms with Crippen molar-refractivity contribution < 1.29 is 4.79 Å². The number of nitrogens with zero attached hydrogens (tertiary/aromatic N) is 2. The van der Waals surface area contributed by atoms with Crippen LogP contribution in [0.5, 0.6) is 0 Å². The third-order valence-electron chi connectivity index (χ3n) is 2.97. The molecule has 0 aliphatic carbocycles. The van der Waals surface area contributed by atoms with E-state index in [4.69, 9.17) is 5.73 Å². The summed E-state index contributed by atoms with van der Waals surface area (Å²) in [5, 5.41) is 3.66. The number of hydrogen-bond donors (Lipinski definition) is 1. The number of amides is 1. The Labute approximate surface area is 95.6 Å². The van der Waals surface area contributed by atoms with Crippen molar-refractivity contribution in [2.45, 2.75) is 19.4 Å². The van der Waals surface area contributed by atoms with Crippen LogP contribution >= 0.6 is 0 Å². The molecule has 1 fully saturated rings. The second-order valence-corrected chi connectivity index (χ2v) is 4.14. The van der Waals surface area contributed by atoms with Crippen LogP contribution in [-0.2, 0) is 4.79 Å². The molecule has 1 aromatic rings. The van der Waals surface area contributed by atoms with Gasteiger partial charge in [0.15, 0.2) is 0 Å². The smallest absolute Gasteiger partial charge is 0.242 e. The number of carbonyl (C=O) groups excluding carboxylic acids is 1. The van der Waals surface area contributed by atoms with Crippen LogP contribution in [0.4, 0.5) is 5.69 Å². The molecule has 1 aliphatic rings. The molecule has 1 aliphatic heterocycles. The summed E-state index contributed by atoms with van der Waals surface area (Å²) in [6.07, 6.45) is 0.573. The lowest BCUT2D eigenvalue weighted by molar-refractivity contribution is -0.126. The van der Waals surface area contributed by atoms with Gasteiger partial charge in [0, 0.05) is 26.1 Å². The number of benzene rings is 1. The third-order valence-corrected chi connectivity index (χ3v) is 2.97. The van der Waals surface area contributed by atoms with Gasteiger partial charge in [0.1, 0.15) is 0 Å². The highest BCUT2D eigenvalue weighted by Crippen LogP contribution is 2.28. The van der Waals surface area contributed by atoms with Crippen LogP contribution in [0.1, 0.15) is 24.9 Å². The maximum absolute atomic E-state index is 11.5. The molecule has 0 bridgehead atoms. The zero-order chi connectivity index (χ0) is 11.7. The van der Waals surface area contributed by atoms with Gasteiger partial charge in [0.2, 0.25) is 5.91 Å². The summed E-state index contributed by atoms with van der Waals surface area (Å²) in [4.78, 5) is 11.5. The van der Waals surface area contributed by atoms with Crippen molar-refractivity contribution in [2.24, 2.45) is 5.73 Å². The summed E-state index contributed by atoms with van der Waals surface area (Å²) in [5.41, 5.74) is 8.04. The van der Waals surface area contributed by atoms with Crippen molar-refractivity contribution in [1.82, 2.24) is 5.01 Å². The summed E-state index contributed by atoms with van der Waals surface area (Å²) >= 11 is 0. The first kappa shape index (κ1) is 11.0. The molecule has 1 amide bonds. The van der Waals surface area contributed by atoms with Gasteiger partial charge in [-0.2, -0.15) is 0 Å². The molecular formula is C12H17N3O. The number of hydrogen-bond acceptors (Lipinski definition) is 3.